The van der Waals surface area contributed by atoms with Crippen LogP contribution in [0, 0.1) is 6.92 Å². The van der Waals surface area contributed by atoms with E-state index in [0.29, 0.717) is 5.92 Å². The summed E-state index contributed by atoms with van der Waals surface area (Å²) in [5.74, 6) is 0.674. The maximum absolute atomic E-state index is 3.61. The van der Waals surface area contributed by atoms with E-state index in [1.54, 1.807) is 0 Å². The van der Waals surface area contributed by atoms with E-state index < -0.39 is 0 Å². The summed E-state index contributed by atoms with van der Waals surface area (Å²) < 4.78 is 1.25. The van der Waals surface area contributed by atoms with Crippen LogP contribution in [0.15, 0.2) is 16.6 Å². The molecule has 1 atom stereocenters. The van der Waals surface area contributed by atoms with Gasteiger partial charge in [0.05, 0.1) is 0 Å². The lowest BCUT2D eigenvalue weighted by Crippen LogP contribution is -1.97. The molecule has 78 valence electrons. The van der Waals surface area contributed by atoms with Crippen molar-refractivity contribution in [1.82, 2.24) is 0 Å². The molecule has 1 heteroatoms. The van der Waals surface area contributed by atoms with Gasteiger partial charge in [0, 0.05) is 4.47 Å². The first-order chi connectivity index (χ1) is 6.60. The summed E-state index contributed by atoms with van der Waals surface area (Å²) in [5.41, 5.74) is 4.34. The van der Waals surface area contributed by atoms with Crippen LogP contribution >= 0.6 is 15.9 Å². The maximum atomic E-state index is 3.61. The van der Waals surface area contributed by atoms with Crippen LogP contribution in [0.5, 0.6) is 0 Å². The molecule has 0 radical (unpaired) electrons. The number of halogens is 1. The first kappa shape index (κ1) is 11.8. The Morgan fingerprint density at radius 2 is 1.93 bits per heavy atom. The molecule has 0 bridgehead atoms. The predicted octanol–water partition coefficient (Wildman–Crippen LogP) is 4.83. The fraction of sp³-hybridized carbons (Fsp3) is 0.538. The third kappa shape index (κ3) is 2.38. The molecule has 0 amide bonds. The van der Waals surface area contributed by atoms with Gasteiger partial charge in [0.15, 0.2) is 0 Å². The minimum atomic E-state index is 0.674. The van der Waals surface area contributed by atoms with Crippen molar-refractivity contribution in [2.75, 3.05) is 0 Å². The molecule has 0 unspecified atom stereocenters. The molecule has 0 spiro atoms. The Balaban J connectivity index is 3.17. The summed E-state index contributed by atoms with van der Waals surface area (Å²) in [5, 5.41) is 0. The highest BCUT2D eigenvalue weighted by atomic mass is 79.9. The molecule has 0 saturated heterocycles. The van der Waals surface area contributed by atoms with Crippen molar-refractivity contribution in [3.05, 3.63) is 33.3 Å². The van der Waals surface area contributed by atoms with Gasteiger partial charge in [-0.15, -0.1) is 0 Å². The van der Waals surface area contributed by atoms with Gasteiger partial charge in [-0.05, 0) is 48.4 Å². The van der Waals surface area contributed by atoms with Gasteiger partial charge in [-0.3, -0.25) is 0 Å². The van der Waals surface area contributed by atoms with Crippen molar-refractivity contribution in [3.8, 4) is 0 Å². The zero-order valence-electron chi connectivity index (χ0n) is 9.52. The van der Waals surface area contributed by atoms with Crippen LogP contribution in [-0.2, 0) is 6.42 Å². The van der Waals surface area contributed by atoms with Gasteiger partial charge in [-0.2, -0.15) is 0 Å². The first-order valence-electron chi connectivity index (χ1n) is 5.39. The maximum Gasteiger partial charge on any atom is 0.0210 e. The standard InChI is InChI=1S/C13H19Br/c1-5-9(3)12-8-11(6-2)13(14)7-10(12)4/h7-9H,5-6H2,1-4H3/t9-/m1/s1. The Kier molecular flexibility index (Phi) is 4.18. The van der Waals surface area contributed by atoms with E-state index in [9.17, 15) is 0 Å². The molecule has 0 aromatic heterocycles. The van der Waals surface area contributed by atoms with Crippen LogP contribution in [0.4, 0.5) is 0 Å². The Hall–Kier alpha value is -0.300. The summed E-state index contributed by atoms with van der Waals surface area (Å²) in [6.45, 7) is 8.95. The summed E-state index contributed by atoms with van der Waals surface area (Å²) in [4.78, 5) is 0. The zero-order chi connectivity index (χ0) is 10.7. The smallest absolute Gasteiger partial charge is 0.0210 e. The quantitative estimate of drug-likeness (QED) is 0.725. The highest BCUT2D eigenvalue weighted by Gasteiger charge is 2.09. The monoisotopic (exact) mass is 254 g/mol. The van der Waals surface area contributed by atoms with Crippen LogP contribution in [0.2, 0.25) is 0 Å². The van der Waals surface area contributed by atoms with E-state index in [-0.39, 0.29) is 0 Å². The fourth-order valence-corrected chi connectivity index (χ4v) is 2.50. The molecule has 0 aliphatic rings. The third-order valence-electron chi connectivity index (χ3n) is 2.96. The lowest BCUT2D eigenvalue weighted by Gasteiger charge is -2.15. The van der Waals surface area contributed by atoms with Crippen LogP contribution in [0.25, 0.3) is 0 Å². The second-order valence-corrected chi connectivity index (χ2v) is 4.82. The summed E-state index contributed by atoms with van der Waals surface area (Å²) in [7, 11) is 0. The van der Waals surface area contributed by atoms with E-state index in [0.717, 1.165) is 6.42 Å². The molecule has 0 nitrogen and oxygen atoms in total. The van der Waals surface area contributed by atoms with Crippen LogP contribution < -0.4 is 0 Å². The number of hydrogen-bond donors (Lipinski definition) is 0. The van der Waals surface area contributed by atoms with E-state index in [2.05, 4.69) is 55.8 Å². The number of rotatable bonds is 3. The molecule has 0 aliphatic carbocycles. The highest BCUT2D eigenvalue weighted by Crippen LogP contribution is 2.28. The van der Waals surface area contributed by atoms with Gasteiger partial charge in [0.1, 0.15) is 0 Å². The minimum absolute atomic E-state index is 0.674. The Morgan fingerprint density at radius 1 is 1.29 bits per heavy atom. The van der Waals surface area contributed by atoms with Crippen molar-refractivity contribution in [2.45, 2.75) is 46.5 Å². The molecule has 14 heavy (non-hydrogen) atoms. The van der Waals surface area contributed by atoms with Crippen LogP contribution in [0.1, 0.15) is 49.8 Å². The highest BCUT2D eigenvalue weighted by molar-refractivity contribution is 9.10. The largest absolute Gasteiger partial charge is 0.0648 e. The van der Waals surface area contributed by atoms with Gasteiger partial charge >= 0.3 is 0 Å². The molecular formula is C13H19Br. The lowest BCUT2D eigenvalue weighted by molar-refractivity contribution is 0.726. The topological polar surface area (TPSA) is 0 Å². The van der Waals surface area contributed by atoms with Crippen molar-refractivity contribution < 1.29 is 0 Å². The molecular weight excluding hydrogens is 236 g/mol. The second-order valence-electron chi connectivity index (χ2n) is 3.96. The van der Waals surface area contributed by atoms with E-state index in [1.165, 1.54) is 27.6 Å². The molecule has 0 aliphatic heterocycles. The predicted molar refractivity (Wildman–Crippen MR) is 67.0 cm³/mol. The number of benzene rings is 1. The molecule has 0 heterocycles. The van der Waals surface area contributed by atoms with E-state index in [1.807, 2.05) is 0 Å². The summed E-state index contributed by atoms with van der Waals surface area (Å²) in [6, 6.07) is 4.61. The van der Waals surface area contributed by atoms with Gasteiger partial charge in [0.25, 0.3) is 0 Å². The molecule has 1 rings (SSSR count). The second kappa shape index (κ2) is 4.97. The van der Waals surface area contributed by atoms with Gasteiger partial charge < -0.3 is 0 Å². The number of aryl methyl sites for hydroxylation is 2. The van der Waals surface area contributed by atoms with Crippen molar-refractivity contribution in [3.63, 3.8) is 0 Å². The van der Waals surface area contributed by atoms with Gasteiger partial charge in [-0.25, -0.2) is 0 Å². The molecule has 0 N–H and O–H groups in total. The first-order valence-corrected chi connectivity index (χ1v) is 6.18. The van der Waals surface area contributed by atoms with Crippen molar-refractivity contribution in [2.24, 2.45) is 0 Å². The molecule has 0 fully saturated rings. The third-order valence-corrected chi connectivity index (χ3v) is 3.70. The minimum Gasteiger partial charge on any atom is -0.0648 e. The molecule has 1 aromatic rings. The van der Waals surface area contributed by atoms with Gasteiger partial charge in [0.2, 0.25) is 0 Å². The summed E-state index contributed by atoms with van der Waals surface area (Å²) in [6.07, 6.45) is 2.32. The van der Waals surface area contributed by atoms with Crippen molar-refractivity contribution in [1.29, 1.82) is 0 Å². The van der Waals surface area contributed by atoms with Crippen molar-refractivity contribution >= 4 is 15.9 Å². The normalized spacial score (nSPS) is 12.9. The average Bonchev–Trinajstić information content (AvgIpc) is 2.17. The zero-order valence-corrected chi connectivity index (χ0v) is 11.1. The van der Waals surface area contributed by atoms with Crippen LogP contribution in [-0.4, -0.2) is 0 Å². The van der Waals surface area contributed by atoms with E-state index in [4.69, 9.17) is 0 Å². The van der Waals surface area contributed by atoms with Gasteiger partial charge in [-0.1, -0.05) is 42.8 Å². The SMILES string of the molecule is CCc1cc([C@H](C)CC)c(C)cc1Br. The molecule has 1 aromatic carbocycles. The average molecular weight is 255 g/mol. The molecule has 0 saturated carbocycles. The lowest BCUT2D eigenvalue weighted by atomic mass is 9.92. The Labute approximate surface area is 95.9 Å². The fourth-order valence-electron chi connectivity index (χ4n) is 1.76. The Bertz CT molecular complexity index is 315. The van der Waals surface area contributed by atoms with E-state index >= 15 is 0 Å². The summed E-state index contributed by atoms with van der Waals surface area (Å²) >= 11 is 3.61. The van der Waals surface area contributed by atoms with Crippen LogP contribution in [0.3, 0.4) is 0 Å². The number of hydrogen-bond acceptors (Lipinski definition) is 0. The Morgan fingerprint density at radius 3 is 2.43 bits per heavy atom.